The van der Waals surface area contributed by atoms with Gasteiger partial charge in [-0.1, -0.05) is 12.1 Å². The Morgan fingerprint density at radius 2 is 2.23 bits per heavy atom. The maximum atomic E-state index is 8.69. The first-order valence-electron chi connectivity index (χ1n) is 3.89. The Morgan fingerprint density at radius 1 is 1.31 bits per heavy atom. The van der Waals surface area contributed by atoms with E-state index < -0.39 is 0 Å². The minimum Gasteiger partial charge on any atom is -0.285 e. The fourth-order valence-electron chi connectivity index (χ4n) is 1.18. The van der Waals surface area contributed by atoms with Gasteiger partial charge in [0.2, 0.25) is 0 Å². The number of aromatic amines is 1. The lowest BCUT2D eigenvalue weighted by atomic mass is 10.1. The highest BCUT2D eigenvalue weighted by molar-refractivity contribution is 5.63. The van der Waals surface area contributed by atoms with Crippen LogP contribution < -0.4 is 0 Å². The van der Waals surface area contributed by atoms with Gasteiger partial charge >= 0.3 is 0 Å². The first kappa shape index (κ1) is 7.56. The van der Waals surface area contributed by atoms with Crippen LogP contribution in [0.15, 0.2) is 36.7 Å². The topological polar surface area (TPSA) is 52.5 Å². The third-order valence-corrected chi connectivity index (χ3v) is 1.82. The van der Waals surface area contributed by atoms with Gasteiger partial charge in [0.25, 0.3) is 0 Å². The summed E-state index contributed by atoms with van der Waals surface area (Å²) in [5.74, 6) is 0. The van der Waals surface area contributed by atoms with Gasteiger partial charge in [0.15, 0.2) is 0 Å². The van der Waals surface area contributed by atoms with Gasteiger partial charge in [0.05, 0.1) is 17.8 Å². The lowest BCUT2D eigenvalue weighted by Gasteiger charge is -1.95. The quantitative estimate of drug-likeness (QED) is 0.709. The average molecular weight is 169 g/mol. The molecule has 62 valence electrons. The second kappa shape index (κ2) is 3.11. The number of benzene rings is 1. The molecule has 0 fully saturated rings. The third kappa shape index (κ3) is 1.42. The van der Waals surface area contributed by atoms with Crippen molar-refractivity contribution in [3.8, 4) is 17.2 Å². The smallest absolute Gasteiger partial charge is 0.0991 e. The van der Waals surface area contributed by atoms with Gasteiger partial charge < -0.3 is 0 Å². The highest BCUT2D eigenvalue weighted by atomic mass is 15.1. The highest BCUT2D eigenvalue weighted by Crippen LogP contribution is 2.17. The van der Waals surface area contributed by atoms with Crippen LogP contribution in [-0.2, 0) is 0 Å². The van der Waals surface area contributed by atoms with Crippen molar-refractivity contribution in [3.05, 3.63) is 42.2 Å². The molecule has 0 spiro atoms. The molecule has 0 radical (unpaired) electrons. The standard InChI is InChI=1S/C10H7N3/c11-5-8-2-1-3-9(4-8)10-6-12-13-7-10/h1-4,6-7H,(H,12,13). The number of aromatic nitrogens is 2. The first-order valence-corrected chi connectivity index (χ1v) is 3.89. The Balaban J connectivity index is 2.49. The van der Waals surface area contributed by atoms with Crippen molar-refractivity contribution >= 4 is 0 Å². The molecule has 0 aliphatic carbocycles. The van der Waals surface area contributed by atoms with Gasteiger partial charge in [0, 0.05) is 11.8 Å². The van der Waals surface area contributed by atoms with Crippen molar-refractivity contribution in [2.24, 2.45) is 0 Å². The second-order valence-electron chi connectivity index (χ2n) is 2.68. The number of nitriles is 1. The average Bonchev–Trinajstić information content (AvgIpc) is 2.71. The van der Waals surface area contributed by atoms with E-state index in [1.165, 1.54) is 0 Å². The number of nitrogens with zero attached hydrogens (tertiary/aromatic N) is 2. The molecule has 1 aromatic carbocycles. The number of nitrogens with one attached hydrogen (secondary N) is 1. The Hall–Kier alpha value is -2.08. The molecule has 0 aliphatic rings. The molecule has 3 nitrogen and oxygen atoms in total. The Bertz CT molecular complexity index is 437. The van der Waals surface area contributed by atoms with Crippen molar-refractivity contribution < 1.29 is 0 Å². The predicted molar refractivity (Wildman–Crippen MR) is 48.7 cm³/mol. The highest BCUT2D eigenvalue weighted by Gasteiger charge is 1.98. The van der Waals surface area contributed by atoms with Crippen molar-refractivity contribution in [2.45, 2.75) is 0 Å². The van der Waals surface area contributed by atoms with E-state index in [2.05, 4.69) is 16.3 Å². The molecule has 13 heavy (non-hydrogen) atoms. The first-order chi connectivity index (χ1) is 6.40. The predicted octanol–water partition coefficient (Wildman–Crippen LogP) is 1.95. The monoisotopic (exact) mass is 169 g/mol. The molecule has 0 saturated heterocycles. The summed E-state index contributed by atoms with van der Waals surface area (Å²) in [6.07, 6.45) is 3.53. The summed E-state index contributed by atoms with van der Waals surface area (Å²) in [6.45, 7) is 0. The van der Waals surface area contributed by atoms with E-state index in [1.807, 2.05) is 18.2 Å². The van der Waals surface area contributed by atoms with E-state index >= 15 is 0 Å². The van der Waals surface area contributed by atoms with Crippen LogP contribution >= 0.6 is 0 Å². The zero-order chi connectivity index (χ0) is 9.10. The Kier molecular flexibility index (Phi) is 1.81. The van der Waals surface area contributed by atoms with Gasteiger partial charge in [-0.15, -0.1) is 0 Å². The minimum atomic E-state index is 0.665. The number of rotatable bonds is 1. The van der Waals surface area contributed by atoms with Gasteiger partial charge in [-0.05, 0) is 17.7 Å². The molecule has 0 unspecified atom stereocenters. The van der Waals surface area contributed by atoms with E-state index in [0.717, 1.165) is 11.1 Å². The molecule has 2 rings (SSSR count). The van der Waals surface area contributed by atoms with Gasteiger partial charge in [-0.2, -0.15) is 10.4 Å². The maximum Gasteiger partial charge on any atom is 0.0991 e. The normalized spacial score (nSPS) is 9.46. The van der Waals surface area contributed by atoms with Crippen LogP contribution in [0, 0.1) is 11.3 Å². The van der Waals surface area contributed by atoms with E-state index in [0.29, 0.717) is 5.56 Å². The lowest BCUT2D eigenvalue weighted by Crippen LogP contribution is -1.76. The maximum absolute atomic E-state index is 8.69. The Labute approximate surface area is 75.6 Å². The lowest BCUT2D eigenvalue weighted by molar-refractivity contribution is 1.09. The molecule has 1 heterocycles. The fourth-order valence-corrected chi connectivity index (χ4v) is 1.18. The van der Waals surface area contributed by atoms with Crippen molar-refractivity contribution in [2.75, 3.05) is 0 Å². The Morgan fingerprint density at radius 3 is 2.92 bits per heavy atom. The molecule has 3 heteroatoms. The summed E-state index contributed by atoms with van der Waals surface area (Å²) >= 11 is 0. The van der Waals surface area contributed by atoms with Crippen LogP contribution in [0.5, 0.6) is 0 Å². The number of hydrogen-bond donors (Lipinski definition) is 1. The van der Waals surface area contributed by atoms with Crippen LogP contribution in [0.25, 0.3) is 11.1 Å². The number of H-pyrrole nitrogens is 1. The van der Waals surface area contributed by atoms with Crippen LogP contribution in [0.3, 0.4) is 0 Å². The summed E-state index contributed by atoms with van der Waals surface area (Å²) in [4.78, 5) is 0. The third-order valence-electron chi connectivity index (χ3n) is 1.82. The second-order valence-corrected chi connectivity index (χ2v) is 2.68. The van der Waals surface area contributed by atoms with Crippen molar-refractivity contribution in [1.82, 2.24) is 10.2 Å². The summed E-state index contributed by atoms with van der Waals surface area (Å²) in [5.41, 5.74) is 2.67. The molecular weight excluding hydrogens is 162 g/mol. The van der Waals surface area contributed by atoms with Gasteiger partial charge in [0.1, 0.15) is 0 Å². The van der Waals surface area contributed by atoms with Crippen molar-refractivity contribution in [3.63, 3.8) is 0 Å². The van der Waals surface area contributed by atoms with Crippen LogP contribution in [0.4, 0.5) is 0 Å². The van der Waals surface area contributed by atoms with Crippen LogP contribution in [-0.4, -0.2) is 10.2 Å². The number of hydrogen-bond acceptors (Lipinski definition) is 2. The summed E-state index contributed by atoms with van der Waals surface area (Å²) in [7, 11) is 0. The molecule has 1 N–H and O–H groups in total. The van der Waals surface area contributed by atoms with Gasteiger partial charge in [-0.3, -0.25) is 5.10 Å². The largest absolute Gasteiger partial charge is 0.285 e. The molecule has 0 amide bonds. The van der Waals surface area contributed by atoms with Crippen molar-refractivity contribution in [1.29, 1.82) is 5.26 Å². The zero-order valence-electron chi connectivity index (χ0n) is 6.86. The molecule has 0 bridgehead atoms. The molecule has 0 aliphatic heterocycles. The zero-order valence-corrected chi connectivity index (χ0v) is 6.86. The van der Waals surface area contributed by atoms with E-state index in [1.54, 1.807) is 18.5 Å². The molecule has 1 aromatic heterocycles. The fraction of sp³-hybridized carbons (Fsp3) is 0. The van der Waals surface area contributed by atoms with Crippen LogP contribution in [0.1, 0.15) is 5.56 Å². The SMILES string of the molecule is N#Cc1cccc(-c2cn[nH]c2)c1. The summed E-state index contributed by atoms with van der Waals surface area (Å²) in [5, 5.41) is 15.3. The summed E-state index contributed by atoms with van der Waals surface area (Å²) in [6, 6.07) is 9.53. The molecule has 0 atom stereocenters. The molecule has 2 aromatic rings. The summed E-state index contributed by atoms with van der Waals surface area (Å²) < 4.78 is 0. The molecular formula is C10H7N3. The van der Waals surface area contributed by atoms with E-state index in [9.17, 15) is 0 Å². The van der Waals surface area contributed by atoms with E-state index in [4.69, 9.17) is 5.26 Å². The van der Waals surface area contributed by atoms with Crippen LogP contribution in [0.2, 0.25) is 0 Å². The minimum absolute atomic E-state index is 0.665. The van der Waals surface area contributed by atoms with E-state index in [-0.39, 0.29) is 0 Å². The molecule has 0 saturated carbocycles. The van der Waals surface area contributed by atoms with Gasteiger partial charge in [-0.25, -0.2) is 0 Å².